The van der Waals surface area contributed by atoms with Crippen LogP contribution in [0.5, 0.6) is 0 Å². The highest BCUT2D eigenvalue weighted by Gasteiger charge is 2.20. The number of rotatable bonds is 8. The standard InChI is InChI=1S/C12H26N2O3S/c1-3-12-6-4-5-8-14(12)9-7-13-18(15,16)11-10-17-2/h12-13H,3-11H2,1-2H3/t12-/m1/s1. The van der Waals surface area contributed by atoms with Gasteiger partial charge in [0, 0.05) is 26.2 Å². The van der Waals surface area contributed by atoms with Crippen LogP contribution >= 0.6 is 0 Å². The molecule has 1 aliphatic heterocycles. The quantitative estimate of drug-likeness (QED) is 0.714. The number of nitrogens with one attached hydrogen (secondary N) is 1. The zero-order chi connectivity index (χ0) is 13.4. The summed E-state index contributed by atoms with van der Waals surface area (Å²) in [5, 5.41) is 0. The summed E-state index contributed by atoms with van der Waals surface area (Å²) in [6, 6.07) is 0.627. The number of hydrogen-bond donors (Lipinski definition) is 1. The van der Waals surface area contributed by atoms with Gasteiger partial charge in [-0.05, 0) is 25.8 Å². The molecule has 1 fully saturated rings. The molecule has 0 aromatic rings. The monoisotopic (exact) mass is 278 g/mol. The fraction of sp³-hybridized carbons (Fsp3) is 1.00. The van der Waals surface area contributed by atoms with Crippen molar-refractivity contribution >= 4 is 10.0 Å². The van der Waals surface area contributed by atoms with E-state index < -0.39 is 10.0 Å². The van der Waals surface area contributed by atoms with Crippen molar-refractivity contribution in [1.82, 2.24) is 9.62 Å². The Morgan fingerprint density at radius 2 is 2.17 bits per heavy atom. The first kappa shape index (κ1) is 15.9. The molecule has 6 heteroatoms. The summed E-state index contributed by atoms with van der Waals surface area (Å²) in [6.07, 6.45) is 4.92. The van der Waals surface area contributed by atoms with Gasteiger partial charge in [-0.15, -0.1) is 0 Å². The van der Waals surface area contributed by atoms with E-state index in [4.69, 9.17) is 4.74 Å². The largest absolute Gasteiger partial charge is 0.384 e. The van der Waals surface area contributed by atoms with Crippen LogP contribution in [0.25, 0.3) is 0 Å². The lowest BCUT2D eigenvalue weighted by atomic mass is 10.0. The Kier molecular flexibility index (Phi) is 7.14. The predicted molar refractivity (Wildman–Crippen MR) is 73.2 cm³/mol. The van der Waals surface area contributed by atoms with Crippen LogP contribution in [0.3, 0.4) is 0 Å². The lowest BCUT2D eigenvalue weighted by Gasteiger charge is -2.35. The van der Waals surface area contributed by atoms with E-state index in [0.717, 1.165) is 19.5 Å². The molecule has 0 spiro atoms. The summed E-state index contributed by atoms with van der Waals surface area (Å²) in [4.78, 5) is 2.41. The number of hydrogen-bond acceptors (Lipinski definition) is 4. The van der Waals surface area contributed by atoms with Crippen LogP contribution in [-0.2, 0) is 14.8 Å². The minimum Gasteiger partial charge on any atom is -0.384 e. The molecular weight excluding hydrogens is 252 g/mol. The van der Waals surface area contributed by atoms with E-state index in [1.54, 1.807) is 0 Å². The van der Waals surface area contributed by atoms with E-state index in [-0.39, 0.29) is 12.4 Å². The van der Waals surface area contributed by atoms with Gasteiger partial charge >= 0.3 is 0 Å². The Morgan fingerprint density at radius 3 is 2.83 bits per heavy atom. The molecule has 0 aromatic heterocycles. The van der Waals surface area contributed by atoms with E-state index >= 15 is 0 Å². The number of ether oxygens (including phenoxy) is 1. The molecule has 1 N–H and O–H groups in total. The fourth-order valence-corrected chi connectivity index (χ4v) is 3.36. The lowest BCUT2D eigenvalue weighted by Crippen LogP contribution is -2.44. The van der Waals surface area contributed by atoms with Gasteiger partial charge in [0.05, 0.1) is 12.4 Å². The van der Waals surface area contributed by atoms with Gasteiger partial charge < -0.3 is 4.74 Å². The van der Waals surface area contributed by atoms with Crippen LogP contribution in [-0.4, -0.2) is 58.5 Å². The van der Waals surface area contributed by atoms with Crippen LogP contribution in [0.2, 0.25) is 0 Å². The second-order valence-electron chi connectivity index (χ2n) is 4.80. The Bertz CT molecular complexity index is 319. The Labute approximate surface area is 111 Å². The van der Waals surface area contributed by atoms with Crippen molar-refractivity contribution in [2.75, 3.05) is 39.1 Å². The summed E-state index contributed by atoms with van der Waals surface area (Å²) < 4.78 is 30.6. The first-order valence-electron chi connectivity index (χ1n) is 6.79. The zero-order valence-corrected chi connectivity index (χ0v) is 12.3. The molecule has 0 saturated carbocycles. The minimum atomic E-state index is -3.17. The first-order valence-corrected chi connectivity index (χ1v) is 8.44. The number of piperidine rings is 1. The number of likely N-dealkylation sites (tertiary alicyclic amines) is 1. The minimum absolute atomic E-state index is 0.0424. The molecule has 1 aliphatic rings. The molecule has 0 bridgehead atoms. The Morgan fingerprint density at radius 1 is 1.39 bits per heavy atom. The average molecular weight is 278 g/mol. The van der Waals surface area contributed by atoms with E-state index in [2.05, 4.69) is 16.5 Å². The van der Waals surface area contributed by atoms with Gasteiger partial charge in [-0.1, -0.05) is 13.3 Å². The van der Waals surface area contributed by atoms with E-state index in [1.165, 1.54) is 26.4 Å². The van der Waals surface area contributed by atoms with Crippen molar-refractivity contribution in [3.05, 3.63) is 0 Å². The first-order chi connectivity index (χ1) is 8.59. The van der Waals surface area contributed by atoms with Gasteiger partial charge in [-0.3, -0.25) is 4.90 Å². The maximum absolute atomic E-state index is 11.6. The highest BCUT2D eigenvalue weighted by molar-refractivity contribution is 7.89. The second-order valence-corrected chi connectivity index (χ2v) is 6.73. The van der Waals surface area contributed by atoms with Crippen molar-refractivity contribution < 1.29 is 13.2 Å². The van der Waals surface area contributed by atoms with E-state index in [9.17, 15) is 8.42 Å². The summed E-state index contributed by atoms with van der Waals surface area (Å²) >= 11 is 0. The molecule has 1 heterocycles. The normalized spacial score (nSPS) is 22.2. The summed E-state index contributed by atoms with van der Waals surface area (Å²) in [7, 11) is -1.66. The highest BCUT2D eigenvalue weighted by atomic mass is 32.2. The number of sulfonamides is 1. The third-order valence-corrected chi connectivity index (χ3v) is 4.85. The summed E-state index contributed by atoms with van der Waals surface area (Å²) in [6.45, 7) is 4.86. The second kappa shape index (κ2) is 8.09. The van der Waals surface area contributed by atoms with Crippen LogP contribution in [0.15, 0.2) is 0 Å². The van der Waals surface area contributed by atoms with Gasteiger partial charge in [0.25, 0.3) is 0 Å². The van der Waals surface area contributed by atoms with Crippen LogP contribution in [0.4, 0.5) is 0 Å². The third kappa shape index (κ3) is 5.65. The molecule has 1 saturated heterocycles. The molecule has 1 atom stereocenters. The molecule has 0 unspecified atom stereocenters. The number of nitrogens with zero attached hydrogens (tertiary/aromatic N) is 1. The summed E-state index contributed by atoms with van der Waals surface area (Å²) in [5.41, 5.74) is 0. The molecule has 0 aliphatic carbocycles. The van der Waals surface area contributed by atoms with Crippen molar-refractivity contribution in [3.63, 3.8) is 0 Å². The molecular formula is C12H26N2O3S. The molecule has 1 rings (SSSR count). The van der Waals surface area contributed by atoms with Crippen molar-refractivity contribution in [2.45, 2.75) is 38.6 Å². The van der Waals surface area contributed by atoms with Crippen molar-refractivity contribution in [1.29, 1.82) is 0 Å². The van der Waals surface area contributed by atoms with Crippen molar-refractivity contribution in [2.24, 2.45) is 0 Å². The van der Waals surface area contributed by atoms with Gasteiger partial charge in [-0.2, -0.15) is 0 Å². The molecule has 0 amide bonds. The van der Waals surface area contributed by atoms with Crippen molar-refractivity contribution in [3.8, 4) is 0 Å². The molecule has 0 radical (unpaired) electrons. The van der Waals surface area contributed by atoms with Gasteiger partial charge in [0.1, 0.15) is 0 Å². The molecule has 5 nitrogen and oxygen atoms in total. The smallest absolute Gasteiger partial charge is 0.213 e. The fourth-order valence-electron chi connectivity index (χ4n) is 2.43. The lowest BCUT2D eigenvalue weighted by molar-refractivity contribution is 0.147. The Hall–Kier alpha value is -0.170. The molecule has 18 heavy (non-hydrogen) atoms. The summed E-state index contributed by atoms with van der Waals surface area (Å²) in [5.74, 6) is 0.0424. The van der Waals surface area contributed by atoms with Crippen LogP contribution in [0.1, 0.15) is 32.6 Å². The van der Waals surface area contributed by atoms with Gasteiger partial charge in [0.2, 0.25) is 10.0 Å². The number of methoxy groups -OCH3 is 1. The SMILES string of the molecule is CC[C@@H]1CCCCN1CCNS(=O)(=O)CCOC. The maximum atomic E-state index is 11.6. The van der Waals surface area contributed by atoms with Gasteiger partial charge in [0.15, 0.2) is 0 Å². The van der Waals surface area contributed by atoms with E-state index in [0.29, 0.717) is 12.6 Å². The maximum Gasteiger partial charge on any atom is 0.213 e. The zero-order valence-electron chi connectivity index (χ0n) is 11.5. The third-order valence-electron chi connectivity index (χ3n) is 3.50. The molecule has 0 aromatic carbocycles. The topological polar surface area (TPSA) is 58.6 Å². The molecule has 108 valence electrons. The van der Waals surface area contributed by atoms with Crippen LogP contribution in [0, 0.1) is 0 Å². The van der Waals surface area contributed by atoms with E-state index in [1.807, 2.05) is 0 Å². The van der Waals surface area contributed by atoms with Crippen LogP contribution < -0.4 is 4.72 Å². The highest BCUT2D eigenvalue weighted by Crippen LogP contribution is 2.18. The Balaban J connectivity index is 2.27. The average Bonchev–Trinajstić information content (AvgIpc) is 2.37. The predicted octanol–water partition coefficient (Wildman–Crippen LogP) is 0.817. The van der Waals surface area contributed by atoms with Gasteiger partial charge in [-0.25, -0.2) is 13.1 Å².